The molecule has 4 aromatic rings. The first kappa shape index (κ1) is 31.3. The minimum atomic E-state index is -1.05. The van der Waals surface area contributed by atoms with E-state index in [1.165, 1.54) is 11.8 Å². The van der Waals surface area contributed by atoms with Gasteiger partial charge in [-0.1, -0.05) is 72.0 Å². The summed E-state index contributed by atoms with van der Waals surface area (Å²) in [5.41, 5.74) is 2.93. The van der Waals surface area contributed by atoms with E-state index in [9.17, 15) is 14.7 Å². The van der Waals surface area contributed by atoms with E-state index in [1.54, 1.807) is 19.4 Å². The molecule has 12 heteroatoms. The Balaban J connectivity index is 1.21. The molecule has 0 radical (unpaired) electrons. The summed E-state index contributed by atoms with van der Waals surface area (Å²) in [5.74, 6) is -1.60. The predicted molar refractivity (Wildman–Crippen MR) is 185 cm³/mol. The highest BCUT2D eigenvalue weighted by atomic mass is 32.2. The molecule has 3 aromatic carbocycles. The van der Waals surface area contributed by atoms with E-state index in [4.69, 9.17) is 4.74 Å². The van der Waals surface area contributed by atoms with Gasteiger partial charge in [-0.05, 0) is 48.9 Å². The van der Waals surface area contributed by atoms with E-state index < -0.39 is 28.7 Å². The van der Waals surface area contributed by atoms with Crippen molar-refractivity contribution in [1.29, 1.82) is 0 Å². The number of fused-ring (bicyclic) bond motifs is 3. The van der Waals surface area contributed by atoms with Crippen LogP contribution in [0.3, 0.4) is 0 Å². The molecule has 49 heavy (non-hydrogen) atoms. The number of aromatic nitrogens is 3. The second-order valence-electron chi connectivity index (χ2n) is 12.7. The zero-order valence-electron chi connectivity index (χ0n) is 26.9. The number of aliphatic hydroxyl groups is 1. The number of aliphatic hydroxyl groups excluding tert-OH is 1. The van der Waals surface area contributed by atoms with Crippen molar-refractivity contribution >= 4 is 46.2 Å². The summed E-state index contributed by atoms with van der Waals surface area (Å²) in [6.07, 6.45) is 7.92. The fourth-order valence-electron chi connectivity index (χ4n) is 7.92. The van der Waals surface area contributed by atoms with Crippen LogP contribution in [0.25, 0.3) is 11.0 Å². The number of ether oxygens (including phenoxy) is 1. The molecule has 2 saturated heterocycles. The second kappa shape index (κ2) is 12.5. The highest BCUT2D eigenvalue weighted by Crippen LogP contribution is 2.62. The molecule has 0 bridgehead atoms. The number of hydrogen-bond donors (Lipinski definition) is 1. The molecule has 1 spiro atoms. The van der Waals surface area contributed by atoms with Gasteiger partial charge in [0.05, 0.1) is 41.4 Å². The van der Waals surface area contributed by atoms with E-state index in [-0.39, 0.29) is 42.8 Å². The maximum absolute atomic E-state index is 15.0. The number of anilines is 1. The summed E-state index contributed by atoms with van der Waals surface area (Å²) in [6.45, 7) is 2.84. The van der Waals surface area contributed by atoms with Crippen LogP contribution in [0.15, 0.2) is 103 Å². The molecule has 4 aliphatic rings. The fourth-order valence-corrected chi connectivity index (χ4v) is 9.91. The number of hydrogen-bond acceptors (Lipinski definition) is 8. The van der Waals surface area contributed by atoms with E-state index in [0.717, 1.165) is 5.52 Å². The van der Waals surface area contributed by atoms with Gasteiger partial charge in [-0.3, -0.25) is 14.4 Å². The summed E-state index contributed by atoms with van der Waals surface area (Å²) in [5, 5.41) is 19.1. The maximum atomic E-state index is 15.0. The van der Waals surface area contributed by atoms with Crippen LogP contribution in [0.2, 0.25) is 0 Å². The molecule has 1 unspecified atom stereocenters. The molecule has 3 amide bonds. The number of para-hydroxylation sites is 1. The van der Waals surface area contributed by atoms with Crippen LogP contribution in [0.5, 0.6) is 5.75 Å². The molecule has 4 aliphatic heterocycles. The van der Waals surface area contributed by atoms with Crippen LogP contribution in [-0.2, 0) is 21.1 Å². The quantitative estimate of drug-likeness (QED) is 0.280. The normalized spacial score (nSPS) is 26.8. The predicted octanol–water partition coefficient (Wildman–Crippen LogP) is 3.82. The van der Waals surface area contributed by atoms with Gasteiger partial charge in [0, 0.05) is 24.0 Å². The summed E-state index contributed by atoms with van der Waals surface area (Å²) >= 11 is 1.51. The van der Waals surface area contributed by atoms with Gasteiger partial charge in [-0.2, -0.15) is 0 Å². The summed E-state index contributed by atoms with van der Waals surface area (Å²) in [7, 11) is 0. The first-order chi connectivity index (χ1) is 23.9. The molecule has 11 nitrogen and oxygen atoms in total. The zero-order chi connectivity index (χ0) is 33.7. The molecule has 0 saturated carbocycles. The number of rotatable bonds is 8. The Kier molecular flexibility index (Phi) is 7.99. The van der Waals surface area contributed by atoms with Gasteiger partial charge in [-0.25, -0.2) is 4.68 Å². The van der Waals surface area contributed by atoms with Crippen molar-refractivity contribution in [2.75, 3.05) is 31.2 Å². The Labute approximate surface area is 287 Å². The van der Waals surface area contributed by atoms with Gasteiger partial charge in [0.25, 0.3) is 0 Å². The Morgan fingerprint density at radius 2 is 1.71 bits per heavy atom. The van der Waals surface area contributed by atoms with E-state index in [2.05, 4.69) is 10.3 Å². The lowest BCUT2D eigenvalue weighted by Gasteiger charge is -2.38. The lowest BCUT2D eigenvalue weighted by atomic mass is 9.78. The van der Waals surface area contributed by atoms with Crippen LogP contribution < -0.4 is 9.64 Å². The lowest BCUT2D eigenvalue weighted by Crippen LogP contribution is -2.54. The largest absolute Gasteiger partial charge is 0.494 e. The van der Waals surface area contributed by atoms with Gasteiger partial charge in [0.1, 0.15) is 24.0 Å². The third kappa shape index (κ3) is 5.04. The average Bonchev–Trinajstić information content (AvgIpc) is 3.68. The Morgan fingerprint density at radius 1 is 0.939 bits per heavy atom. The van der Waals surface area contributed by atoms with Crippen LogP contribution in [0, 0.1) is 11.8 Å². The molecular formula is C37H36N6O5S. The minimum absolute atomic E-state index is 0.125. The monoisotopic (exact) mass is 676 g/mol. The van der Waals surface area contributed by atoms with Crippen LogP contribution in [0.4, 0.5) is 5.69 Å². The number of likely N-dealkylation sites (tertiary alicyclic amines) is 1. The molecule has 250 valence electrons. The number of benzene rings is 3. The minimum Gasteiger partial charge on any atom is -0.494 e. The molecule has 0 aliphatic carbocycles. The maximum Gasteiger partial charge on any atom is 0.248 e. The molecule has 2 fully saturated rings. The van der Waals surface area contributed by atoms with E-state index >= 15 is 4.79 Å². The Morgan fingerprint density at radius 3 is 2.49 bits per heavy atom. The molecule has 5 heterocycles. The van der Waals surface area contributed by atoms with E-state index in [1.807, 2.05) is 110 Å². The van der Waals surface area contributed by atoms with Crippen LogP contribution in [0.1, 0.15) is 18.5 Å². The summed E-state index contributed by atoms with van der Waals surface area (Å²) < 4.78 is 6.26. The van der Waals surface area contributed by atoms with Crippen molar-refractivity contribution in [2.45, 2.75) is 35.7 Å². The van der Waals surface area contributed by atoms with Crippen molar-refractivity contribution < 1.29 is 24.2 Å². The van der Waals surface area contributed by atoms with Gasteiger partial charge >= 0.3 is 0 Å². The third-order valence-corrected chi connectivity index (χ3v) is 11.8. The van der Waals surface area contributed by atoms with E-state index in [0.29, 0.717) is 35.7 Å². The third-order valence-electron chi connectivity index (χ3n) is 10.1. The second-order valence-corrected chi connectivity index (χ2v) is 14.2. The Hall–Kier alpha value is -4.94. The van der Waals surface area contributed by atoms with Crippen LogP contribution >= 0.6 is 11.8 Å². The molecule has 1 aromatic heterocycles. The number of carbonyl (C=O) groups is 3. The van der Waals surface area contributed by atoms with Gasteiger partial charge in [0.15, 0.2) is 0 Å². The van der Waals surface area contributed by atoms with Gasteiger partial charge in [-0.15, -0.1) is 16.9 Å². The summed E-state index contributed by atoms with van der Waals surface area (Å²) in [6, 6.07) is 22.5. The lowest BCUT2D eigenvalue weighted by molar-refractivity contribution is -0.146. The zero-order valence-corrected chi connectivity index (χ0v) is 27.7. The number of thioether (sulfide) groups is 1. The SMILES string of the molecule is CCOc1ccc(N2CC=C[C@@H]3S[C@]45C=CCN(Cn6nnc7ccccc76)C(=O)C4N([C@H](CO)c4ccccc4)C(=O)[C@@H]5[C@@H]3C2=O)cc1. The highest BCUT2D eigenvalue weighted by Gasteiger charge is 2.72. The summed E-state index contributed by atoms with van der Waals surface area (Å²) in [4.78, 5) is 49.6. The molecule has 6 atom stereocenters. The average molecular weight is 677 g/mol. The van der Waals surface area contributed by atoms with Crippen molar-refractivity contribution in [2.24, 2.45) is 11.8 Å². The number of carbonyl (C=O) groups excluding carboxylic acids is 3. The fraction of sp³-hybridized carbons (Fsp3) is 0.324. The van der Waals surface area contributed by atoms with Crippen molar-refractivity contribution in [3.8, 4) is 5.75 Å². The van der Waals surface area contributed by atoms with Crippen molar-refractivity contribution in [1.82, 2.24) is 24.8 Å². The molecule has 8 rings (SSSR count). The number of nitrogens with zero attached hydrogens (tertiary/aromatic N) is 6. The van der Waals surface area contributed by atoms with Gasteiger partial charge in [0.2, 0.25) is 17.7 Å². The Bertz CT molecular complexity index is 1960. The van der Waals surface area contributed by atoms with Crippen molar-refractivity contribution in [3.05, 3.63) is 109 Å². The van der Waals surface area contributed by atoms with Crippen LogP contribution in [-0.4, -0.2) is 90.0 Å². The highest BCUT2D eigenvalue weighted by molar-refractivity contribution is 8.02. The smallest absolute Gasteiger partial charge is 0.248 e. The molecule has 1 N–H and O–H groups in total. The topological polar surface area (TPSA) is 121 Å². The van der Waals surface area contributed by atoms with Crippen molar-refractivity contribution in [3.63, 3.8) is 0 Å². The first-order valence-electron chi connectivity index (χ1n) is 16.6. The first-order valence-corrected chi connectivity index (χ1v) is 17.4. The molecular weight excluding hydrogens is 641 g/mol. The number of amides is 3. The standard InChI is InChI=1S/C37H36N6O5S/c1-2-48-26-17-15-25(16-18-26)41-21-8-14-30-31(34(41)45)32-35(46)43(29(22-44)24-10-4-3-5-11-24)33-36(47)40(20-9-19-37(32,33)49-30)23-42-28-13-7-6-12-27(28)38-39-42/h3-19,29-33,44H,2,20-23H2,1H3/t29-,30+,31-,32+,33?,37+/m1/s1. The van der Waals surface area contributed by atoms with Gasteiger partial charge < -0.3 is 24.5 Å².